The molecule has 1 aromatic carbocycles. The topological polar surface area (TPSA) is 90.9 Å². The van der Waals surface area contributed by atoms with Crippen LogP contribution < -0.4 is 15.0 Å². The minimum absolute atomic E-state index is 0.0244. The summed E-state index contributed by atoms with van der Waals surface area (Å²) in [5.41, 5.74) is 1.01. The predicted octanol–water partition coefficient (Wildman–Crippen LogP) is 5.66. The maximum Gasteiger partial charge on any atom is 0.257 e. The van der Waals surface area contributed by atoms with Crippen molar-refractivity contribution in [3.05, 3.63) is 42.1 Å². The normalized spacial score (nSPS) is 32.2. The van der Waals surface area contributed by atoms with Crippen molar-refractivity contribution < 1.29 is 18.7 Å². The molecule has 6 aliphatic rings. The Kier molecular flexibility index (Phi) is 7.54. The second kappa shape index (κ2) is 11.4. The second-order valence-electron chi connectivity index (χ2n) is 16.1. The van der Waals surface area contributed by atoms with E-state index in [0.717, 1.165) is 44.9 Å². The van der Waals surface area contributed by atoms with Gasteiger partial charge in [-0.2, -0.15) is 0 Å². The minimum atomic E-state index is -0.476. The van der Waals surface area contributed by atoms with Crippen molar-refractivity contribution in [1.29, 1.82) is 0 Å². The summed E-state index contributed by atoms with van der Waals surface area (Å²) in [7, 11) is 0. The van der Waals surface area contributed by atoms with E-state index in [4.69, 9.17) is 4.74 Å². The lowest BCUT2D eigenvalue weighted by Gasteiger charge is -2.56. The van der Waals surface area contributed by atoms with E-state index < -0.39 is 5.82 Å². The highest BCUT2D eigenvalue weighted by atomic mass is 19.1. The SMILES string of the molecule is CCN(C(=O)c1cc(F)ccc1Oc1cncnc1N1CC2(CCN(CC34CCC5C(CC(C3)C53CCC(=O)N3)C4)CC2)C1)C(C)C. The van der Waals surface area contributed by atoms with Crippen LogP contribution in [0.4, 0.5) is 10.2 Å². The number of amides is 2. The Morgan fingerprint density at radius 2 is 1.96 bits per heavy atom. The first-order valence-electron chi connectivity index (χ1n) is 18.0. The number of benzene rings is 1. The van der Waals surface area contributed by atoms with Gasteiger partial charge in [-0.05, 0) is 127 Å². The number of nitrogens with zero attached hydrogens (tertiary/aromatic N) is 5. The van der Waals surface area contributed by atoms with E-state index in [1.165, 1.54) is 76.0 Å². The Morgan fingerprint density at radius 3 is 2.68 bits per heavy atom. The molecule has 1 aromatic heterocycles. The molecular weight excluding hydrogens is 595 g/mol. The number of likely N-dealkylation sites (tertiary alicyclic amines) is 1. The largest absolute Gasteiger partial charge is 0.451 e. The highest BCUT2D eigenvalue weighted by Gasteiger charge is 2.65. The molecule has 3 bridgehead atoms. The standard InChI is InChI=1S/C37H49FN6O3/c1-4-44(24(2)3)34(46)28-16-27(38)5-6-30(28)47-31-19-39-23-40-33(31)43-21-35(22-43)11-13-42(14-12-35)20-36-9-7-29-25(17-36)15-26(18-36)37(29)10-8-32(45)41-37/h5-6,16,19,23-26,29H,4,7-15,17-18,20-22H2,1-3H3,(H,41,45). The number of hydrogen-bond acceptors (Lipinski definition) is 7. The quantitative estimate of drug-likeness (QED) is 0.397. The first-order chi connectivity index (χ1) is 22.6. The van der Waals surface area contributed by atoms with E-state index in [-0.39, 0.29) is 34.4 Å². The van der Waals surface area contributed by atoms with Gasteiger partial charge in [0.2, 0.25) is 5.91 Å². The summed E-state index contributed by atoms with van der Waals surface area (Å²) in [5.74, 6) is 3.22. The molecular formula is C37H49FN6O3. The van der Waals surface area contributed by atoms with Gasteiger partial charge in [0.25, 0.3) is 5.91 Å². The molecule has 3 aliphatic heterocycles. The number of carbonyl (C=O) groups is 2. The molecule has 47 heavy (non-hydrogen) atoms. The second-order valence-corrected chi connectivity index (χ2v) is 16.1. The van der Waals surface area contributed by atoms with Gasteiger partial charge in [0, 0.05) is 49.6 Å². The van der Waals surface area contributed by atoms with Gasteiger partial charge in [0.15, 0.2) is 11.6 Å². The maximum atomic E-state index is 14.3. The van der Waals surface area contributed by atoms with Crippen molar-refractivity contribution in [2.45, 2.75) is 90.1 Å². The number of hydrogen-bond donors (Lipinski definition) is 1. The van der Waals surface area contributed by atoms with Crippen LogP contribution in [0.1, 0.15) is 88.9 Å². The van der Waals surface area contributed by atoms with Crippen molar-refractivity contribution >= 4 is 17.6 Å². The Balaban J connectivity index is 0.907. The Hall–Kier alpha value is -3.27. The van der Waals surface area contributed by atoms with Crippen molar-refractivity contribution in [1.82, 2.24) is 25.1 Å². The molecule has 8 rings (SSSR count). The Labute approximate surface area is 277 Å². The van der Waals surface area contributed by atoms with E-state index in [9.17, 15) is 14.0 Å². The lowest BCUT2D eigenvalue weighted by Crippen LogP contribution is -2.61. The lowest BCUT2D eigenvalue weighted by atomic mass is 9.61. The lowest BCUT2D eigenvalue weighted by molar-refractivity contribution is -0.120. The molecule has 4 heterocycles. The van der Waals surface area contributed by atoms with Gasteiger partial charge in [0.05, 0.1) is 11.8 Å². The van der Waals surface area contributed by atoms with Crippen LogP contribution in [-0.2, 0) is 4.79 Å². The molecule has 6 fully saturated rings. The van der Waals surface area contributed by atoms with Crippen LogP contribution in [0.15, 0.2) is 30.7 Å². The smallest absolute Gasteiger partial charge is 0.257 e. The van der Waals surface area contributed by atoms with Crippen LogP contribution in [-0.4, -0.2) is 82.4 Å². The fourth-order valence-electron chi connectivity index (χ4n) is 11.1. The van der Waals surface area contributed by atoms with Crippen LogP contribution in [0.3, 0.4) is 0 Å². The van der Waals surface area contributed by atoms with Crippen LogP contribution in [0, 0.1) is 34.4 Å². The molecule has 3 saturated heterocycles. The summed E-state index contributed by atoms with van der Waals surface area (Å²) < 4.78 is 20.6. The molecule has 5 unspecified atom stereocenters. The number of rotatable bonds is 8. The third-order valence-corrected chi connectivity index (χ3v) is 13.1. The number of nitrogens with one attached hydrogen (secondary N) is 1. The highest BCUT2D eigenvalue weighted by molar-refractivity contribution is 5.97. The van der Waals surface area contributed by atoms with Crippen LogP contribution >= 0.6 is 0 Å². The number of carbonyl (C=O) groups excluding carboxylic acids is 2. The molecule has 10 heteroatoms. The average molecular weight is 645 g/mol. The Morgan fingerprint density at radius 1 is 1.15 bits per heavy atom. The zero-order valence-electron chi connectivity index (χ0n) is 28.1. The molecule has 3 saturated carbocycles. The zero-order chi connectivity index (χ0) is 32.6. The summed E-state index contributed by atoms with van der Waals surface area (Å²) in [4.78, 5) is 41.2. The van der Waals surface area contributed by atoms with Crippen molar-refractivity contribution in [3.63, 3.8) is 0 Å². The van der Waals surface area contributed by atoms with E-state index in [0.29, 0.717) is 41.1 Å². The molecule has 252 valence electrons. The molecule has 0 radical (unpaired) electrons. The maximum absolute atomic E-state index is 14.3. The summed E-state index contributed by atoms with van der Waals surface area (Å²) in [6, 6.07) is 4.08. The van der Waals surface area contributed by atoms with Gasteiger partial charge >= 0.3 is 0 Å². The fourth-order valence-corrected chi connectivity index (χ4v) is 11.1. The number of aromatic nitrogens is 2. The average Bonchev–Trinajstić information content (AvgIpc) is 3.49. The monoisotopic (exact) mass is 644 g/mol. The van der Waals surface area contributed by atoms with Crippen LogP contribution in [0.25, 0.3) is 0 Å². The molecule has 2 spiro atoms. The fraction of sp³-hybridized carbons (Fsp3) is 0.676. The van der Waals surface area contributed by atoms with Gasteiger partial charge in [-0.15, -0.1) is 0 Å². The molecule has 2 amide bonds. The summed E-state index contributed by atoms with van der Waals surface area (Å²) in [6.07, 6.45) is 13.9. The highest BCUT2D eigenvalue weighted by Crippen LogP contribution is 2.66. The number of halogens is 1. The summed E-state index contributed by atoms with van der Waals surface area (Å²) in [6.45, 7) is 11.6. The van der Waals surface area contributed by atoms with Crippen LogP contribution in [0.5, 0.6) is 11.5 Å². The third-order valence-electron chi connectivity index (χ3n) is 13.1. The van der Waals surface area contributed by atoms with E-state index in [1.807, 2.05) is 20.8 Å². The Bertz CT molecular complexity index is 1550. The zero-order valence-corrected chi connectivity index (χ0v) is 28.1. The van der Waals surface area contributed by atoms with Gasteiger partial charge in [0.1, 0.15) is 17.9 Å². The van der Waals surface area contributed by atoms with Crippen molar-refractivity contribution in [3.8, 4) is 11.5 Å². The van der Waals surface area contributed by atoms with Gasteiger partial charge in [-0.25, -0.2) is 14.4 Å². The summed E-state index contributed by atoms with van der Waals surface area (Å²) in [5, 5.41) is 3.52. The number of fused-ring (bicyclic) bond motifs is 4. The predicted molar refractivity (Wildman–Crippen MR) is 177 cm³/mol. The number of piperidine rings is 1. The first kappa shape index (κ1) is 31.0. The number of ether oxygens (including phenoxy) is 1. The molecule has 3 aliphatic carbocycles. The van der Waals surface area contributed by atoms with Crippen molar-refractivity contribution in [2.75, 3.05) is 44.2 Å². The van der Waals surface area contributed by atoms with E-state index >= 15 is 0 Å². The van der Waals surface area contributed by atoms with Gasteiger partial charge < -0.3 is 24.8 Å². The summed E-state index contributed by atoms with van der Waals surface area (Å²) >= 11 is 0. The molecule has 9 nitrogen and oxygen atoms in total. The first-order valence-corrected chi connectivity index (χ1v) is 18.0. The van der Waals surface area contributed by atoms with Gasteiger partial charge in [-0.3, -0.25) is 9.59 Å². The van der Waals surface area contributed by atoms with Gasteiger partial charge in [-0.1, -0.05) is 0 Å². The molecule has 2 aromatic rings. The molecule has 5 atom stereocenters. The third kappa shape index (κ3) is 5.20. The van der Waals surface area contributed by atoms with Crippen molar-refractivity contribution in [2.24, 2.45) is 28.6 Å². The minimum Gasteiger partial charge on any atom is -0.451 e. The van der Waals surface area contributed by atoms with Crippen LogP contribution in [0.2, 0.25) is 0 Å². The van der Waals surface area contributed by atoms with E-state index in [1.54, 1.807) is 11.1 Å². The van der Waals surface area contributed by atoms with E-state index in [2.05, 4.69) is 25.1 Å². The molecule has 1 N–H and O–H groups in total. The number of anilines is 1.